The average molecular weight is 1570 g/mol. The standard InChI is InChI=1S/C11H13N3O3S.C11H15N3OS.C9H9N3O4S.C9H7N3O2S.C7H4BrN3O2S.3C4H9.C2H3.Sn/c1-6(5-17-3)9-8(14(15)16)4-12-11-10(9)13-7(2)18-11;1-6(5-15-3)9-8(12)4-13-11-10(9)14-7(2)16-11;1-4-11-8-7(6(14)3-13)5(12(15)16)2-10-9(8)17-4;1-3-6-7(12(13)14)4-10-9-8(6)11-5(2)15-9;1-3-10-6-5(8)4(11(12)13)2-9-7(6)14-3;3*1-3-4-2;1-2;/h4,6H,5H2,1-3H3;4,6H,5,12H2,1-3H3;2,6,13-14H,3H2,1H3;3-4H,1H2,2H3;2H,1H3;3*1,3-4H2,2H3;1H,2H2;. The topological polar surface area (TPSA) is 386 Å². The molecule has 0 saturated carbocycles. The summed E-state index contributed by atoms with van der Waals surface area (Å²) >= 11 is 8.43. The van der Waals surface area contributed by atoms with E-state index in [1.165, 1.54) is 109 Å². The van der Waals surface area contributed by atoms with Gasteiger partial charge in [0.1, 0.15) is 87.1 Å². The van der Waals surface area contributed by atoms with Crippen LogP contribution in [0.4, 0.5) is 28.4 Å². The van der Waals surface area contributed by atoms with Gasteiger partial charge in [-0.3, -0.25) is 40.5 Å². The number of nitro groups is 4. The Kier molecular flexibility index (Phi) is 31.3. The molecule has 0 aliphatic heterocycles. The molecule has 0 spiro atoms. The number of hydrogen-bond donors (Lipinski definition) is 3. The minimum atomic E-state index is -1.85. The first kappa shape index (κ1) is 78.9. The van der Waals surface area contributed by atoms with Gasteiger partial charge >= 0.3 is 107 Å². The van der Waals surface area contributed by atoms with Crippen LogP contribution in [0, 0.1) is 75.1 Å². The van der Waals surface area contributed by atoms with Crippen LogP contribution in [0.5, 0.6) is 0 Å². The number of aromatic nitrogens is 10. The maximum absolute atomic E-state index is 11.1. The van der Waals surface area contributed by atoms with Crippen LogP contribution in [0.3, 0.4) is 0 Å². The second kappa shape index (κ2) is 37.6. The summed E-state index contributed by atoms with van der Waals surface area (Å²) in [5, 5.41) is 66.1. The van der Waals surface area contributed by atoms with Gasteiger partial charge in [-0.2, -0.15) is 0 Å². The van der Waals surface area contributed by atoms with E-state index in [-0.39, 0.29) is 45.7 Å². The molecule has 0 bridgehead atoms. The van der Waals surface area contributed by atoms with E-state index in [1.54, 1.807) is 52.0 Å². The van der Waals surface area contributed by atoms with E-state index in [9.17, 15) is 45.6 Å². The Morgan fingerprint density at radius 2 is 0.874 bits per heavy atom. The molecule has 10 aromatic rings. The molecular formula is C61H78BrN15O12S5Sn. The average Bonchev–Trinajstić information content (AvgIpc) is 1.75. The van der Waals surface area contributed by atoms with Crippen molar-refractivity contribution in [1.82, 2.24) is 49.8 Å². The zero-order valence-corrected chi connectivity index (χ0v) is 63.4. The number of hydrogen-bond acceptors (Lipinski definition) is 28. The molecule has 0 radical (unpaired) electrons. The summed E-state index contributed by atoms with van der Waals surface area (Å²) in [7, 11) is 3.27. The Morgan fingerprint density at radius 3 is 1.25 bits per heavy atom. The van der Waals surface area contributed by atoms with Gasteiger partial charge in [-0.05, 0) is 50.5 Å². The summed E-state index contributed by atoms with van der Waals surface area (Å²) in [6.07, 6.45) is 15.2. The molecule has 34 heteroatoms. The number of unbranched alkanes of at least 4 members (excludes halogenated alkanes) is 3. The molecule has 27 nitrogen and oxygen atoms in total. The number of pyridine rings is 5. The van der Waals surface area contributed by atoms with E-state index in [0.717, 1.165) is 47.0 Å². The van der Waals surface area contributed by atoms with Gasteiger partial charge in [0, 0.05) is 31.6 Å². The Hall–Kier alpha value is -6.80. The SMILES string of the molecule is C=Cc1c([N+](=O)[O-])cnc2sc(C)nc12.C=[CH][Sn]([CH2]CCC)([CH2]CCC)[CH2]CCC.COCC(C)c1c(N)cnc2sc(C)nc12.COCC(C)c1c([N+](=O)[O-])cnc2sc(C)nc12.Cc1nc2c(Br)c([N+](=O)[O-])cnc2s1.Cc1nc2c(C(O)CO)c([N+](=O)[O-])cnc2s1. The maximum atomic E-state index is 11.1. The van der Waals surface area contributed by atoms with E-state index < -0.39 is 50.8 Å². The Bertz CT molecular complexity index is 4280. The normalized spacial score (nSPS) is 12.0. The molecule has 510 valence electrons. The molecule has 95 heavy (non-hydrogen) atoms. The number of rotatable bonds is 23. The van der Waals surface area contributed by atoms with Gasteiger partial charge in [-0.1, -0.05) is 83.2 Å². The number of methoxy groups -OCH3 is 2. The van der Waals surface area contributed by atoms with Gasteiger partial charge in [0.2, 0.25) is 0 Å². The Morgan fingerprint density at radius 1 is 0.547 bits per heavy atom. The smallest absolute Gasteiger partial charge is 0.303 e. The van der Waals surface area contributed by atoms with Crippen LogP contribution >= 0.6 is 72.6 Å². The van der Waals surface area contributed by atoms with Crippen LogP contribution in [-0.4, -0.2) is 132 Å². The van der Waals surface area contributed by atoms with Gasteiger partial charge < -0.3 is 25.4 Å². The molecule has 0 aromatic carbocycles. The van der Waals surface area contributed by atoms with Crippen molar-refractivity contribution in [3.05, 3.63) is 140 Å². The molecule has 0 fully saturated rings. The minimum Gasteiger partial charge on any atom is -0.397 e. The minimum absolute atomic E-state index is 0.0114. The number of nitrogens with two attached hydrogens (primary N) is 1. The van der Waals surface area contributed by atoms with Crippen LogP contribution < -0.4 is 5.73 Å². The predicted octanol–water partition coefficient (Wildman–Crippen LogP) is 16.7. The number of ether oxygens (including phenoxy) is 2. The van der Waals surface area contributed by atoms with Gasteiger partial charge in [0.05, 0.1) is 93.1 Å². The molecule has 0 amide bonds. The molecule has 10 aromatic heterocycles. The zero-order chi connectivity index (χ0) is 70.4. The first-order valence-electron chi connectivity index (χ1n) is 30.0. The second-order valence-electron chi connectivity index (χ2n) is 21.7. The van der Waals surface area contributed by atoms with Crippen molar-refractivity contribution in [2.45, 2.75) is 139 Å². The van der Waals surface area contributed by atoms with E-state index in [0.29, 0.717) is 70.5 Å². The first-order chi connectivity index (χ1) is 45.2. The Labute approximate surface area is 581 Å². The number of halogens is 1. The predicted molar refractivity (Wildman–Crippen MR) is 387 cm³/mol. The third-order valence-corrected chi connectivity index (χ3v) is 33.7. The zero-order valence-electron chi connectivity index (χ0n) is 54.9. The van der Waals surface area contributed by atoms with Crippen molar-refractivity contribution in [1.29, 1.82) is 0 Å². The van der Waals surface area contributed by atoms with Crippen LogP contribution in [0.15, 0.2) is 52.7 Å². The molecule has 0 saturated heterocycles. The fourth-order valence-electron chi connectivity index (χ4n) is 10.1. The number of nitrogen functional groups attached to an aromatic ring is 1. The molecule has 10 heterocycles. The van der Waals surface area contributed by atoms with Crippen molar-refractivity contribution in [2.24, 2.45) is 0 Å². The van der Waals surface area contributed by atoms with Crippen molar-refractivity contribution < 1.29 is 39.4 Å². The number of nitrogens with zero attached hydrogens (tertiary/aromatic N) is 14. The fourth-order valence-corrected chi connectivity index (χ4v) is 27.5. The van der Waals surface area contributed by atoms with Gasteiger partial charge in [-0.15, -0.1) is 0 Å². The quantitative estimate of drug-likeness (QED) is 0.0304. The largest absolute Gasteiger partial charge is 0.397 e. The number of fused-ring (bicyclic) bond motifs is 5. The van der Waals surface area contributed by atoms with E-state index in [4.69, 9.17) is 20.3 Å². The second-order valence-corrected chi connectivity index (χ2v) is 41.6. The van der Waals surface area contributed by atoms with E-state index in [2.05, 4.69) is 111 Å². The molecular weight excluding hydrogens is 1490 g/mol. The van der Waals surface area contributed by atoms with Crippen LogP contribution in [0.2, 0.25) is 13.3 Å². The summed E-state index contributed by atoms with van der Waals surface area (Å²) in [5.74, 6) is 0.138. The summed E-state index contributed by atoms with van der Waals surface area (Å²) < 4.78 is 17.8. The Balaban J connectivity index is 0.000000207. The number of aryl methyl sites for hydroxylation is 5. The van der Waals surface area contributed by atoms with Crippen LogP contribution in [0.25, 0.3) is 57.8 Å². The third kappa shape index (κ3) is 20.9. The number of aliphatic hydroxyl groups excluding tert-OH is 2. The molecule has 4 N–H and O–H groups in total. The summed E-state index contributed by atoms with van der Waals surface area (Å²) in [5.41, 5.74) is 11.3. The number of anilines is 1. The van der Waals surface area contributed by atoms with Crippen molar-refractivity contribution in [2.75, 3.05) is 39.8 Å². The molecule has 0 aliphatic carbocycles. The molecule has 3 unspecified atom stereocenters. The molecule has 0 aliphatic rings. The maximum Gasteiger partial charge on any atom is 0.303 e. The molecule has 3 atom stereocenters. The first-order valence-corrected chi connectivity index (χ1v) is 42.6. The van der Waals surface area contributed by atoms with Gasteiger partial charge in [0.25, 0.3) is 17.1 Å². The van der Waals surface area contributed by atoms with Crippen molar-refractivity contribution in [3.8, 4) is 0 Å². The van der Waals surface area contributed by atoms with Gasteiger partial charge in [0.15, 0.2) is 0 Å². The monoisotopic (exact) mass is 1570 g/mol. The van der Waals surface area contributed by atoms with Gasteiger partial charge in [-0.25, -0.2) is 49.8 Å². The fraction of sp³-hybridized carbons (Fsp3) is 0.443. The van der Waals surface area contributed by atoms with Crippen LogP contribution in [-0.2, 0) is 9.47 Å². The molecule has 10 rings (SSSR count). The van der Waals surface area contributed by atoms with Crippen molar-refractivity contribution in [3.63, 3.8) is 0 Å². The number of aliphatic hydroxyl groups is 2. The van der Waals surface area contributed by atoms with Crippen molar-refractivity contribution >= 4 is 177 Å². The summed E-state index contributed by atoms with van der Waals surface area (Å²) in [6.45, 7) is 28.4. The number of thiazole rings is 5. The van der Waals surface area contributed by atoms with Crippen LogP contribution in [0.1, 0.15) is 138 Å². The van der Waals surface area contributed by atoms with E-state index in [1.807, 2.05) is 34.6 Å². The third-order valence-electron chi connectivity index (χ3n) is 14.5. The summed E-state index contributed by atoms with van der Waals surface area (Å²) in [6, 6.07) is 0. The van der Waals surface area contributed by atoms with E-state index >= 15 is 0 Å². The summed E-state index contributed by atoms with van der Waals surface area (Å²) in [4.78, 5) is 86.4.